The number of hydrogen-bond donors (Lipinski definition) is 1. The summed E-state index contributed by atoms with van der Waals surface area (Å²) in [6.45, 7) is 0.336. The van der Waals surface area contributed by atoms with Crippen molar-refractivity contribution in [1.82, 2.24) is 9.55 Å². The highest BCUT2D eigenvalue weighted by molar-refractivity contribution is 14.1. The number of aromatic nitrogens is 2. The minimum absolute atomic E-state index is 0.336. The highest BCUT2D eigenvalue weighted by Gasteiger charge is 2.19. The van der Waals surface area contributed by atoms with Crippen LogP contribution in [0.4, 0.5) is 0 Å². The van der Waals surface area contributed by atoms with E-state index in [2.05, 4.69) is 27.6 Å². The van der Waals surface area contributed by atoms with Gasteiger partial charge in [0.05, 0.1) is 25.3 Å². The van der Waals surface area contributed by atoms with E-state index in [1.165, 1.54) is 11.3 Å². The van der Waals surface area contributed by atoms with Gasteiger partial charge in [-0.3, -0.25) is 9.36 Å². The third-order valence-electron chi connectivity index (χ3n) is 4.48. The SMILES string of the molecule is COc1cc2ncn(-c3cc(OCc4cccc(I)c4)c(C(N)=O)s3)c2cc1OC. The van der Waals surface area contributed by atoms with Gasteiger partial charge in [-0.05, 0) is 40.3 Å². The first-order valence-corrected chi connectivity index (χ1v) is 10.8. The fourth-order valence-corrected chi connectivity index (χ4v) is 4.60. The first-order chi connectivity index (χ1) is 14.5. The first kappa shape index (κ1) is 20.5. The predicted molar refractivity (Wildman–Crippen MR) is 124 cm³/mol. The standard InChI is InChI=1S/C21H18IN3O4S/c1-27-16-7-14-15(8-17(16)28-2)25(11-24-14)19-9-18(20(30-19)21(23)26)29-10-12-4-3-5-13(22)6-12/h3-9,11H,10H2,1-2H3,(H2,23,26). The van der Waals surface area contributed by atoms with Crippen molar-refractivity contribution in [3.05, 3.63) is 62.8 Å². The second-order valence-corrected chi connectivity index (χ2v) is 8.65. The summed E-state index contributed by atoms with van der Waals surface area (Å²) in [5, 5.41) is 0.760. The summed E-state index contributed by atoms with van der Waals surface area (Å²) in [7, 11) is 3.16. The molecule has 0 aliphatic rings. The molecule has 0 saturated heterocycles. The zero-order valence-electron chi connectivity index (χ0n) is 16.2. The van der Waals surface area contributed by atoms with Crippen molar-refractivity contribution in [2.75, 3.05) is 14.2 Å². The number of methoxy groups -OCH3 is 2. The molecule has 7 nitrogen and oxygen atoms in total. The van der Waals surface area contributed by atoms with Crippen molar-refractivity contribution in [3.8, 4) is 22.2 Å². The number of benzene rings is 2. The fourth-order valence-electron chi connectivity index (χ4n) is 3.06. The van der Waals surface area contributed by atoms with E-state index < -0.39 is 5.91 Å². The summed E-state index contributed by atoms with van der Waals surface area (Å²) in [4.78, 5) is 16.8. The van der Waals surface area contributed by atoms with Gasteiger partial charge in [-0.1, -0.05) is 12.1 Å². The molecule has 0 unspecified atom stereocenters. The largest absolute Gasteiger partial charge is 0.493 e. The van der Waals surface area contributed by atoms with Crippen LogP contribution in [0.5, 0.6) is 17.2 Å². The topological polar surface area (TPSA) is 88.6 Å². The normalized spacial score (nSPS) is 10.9. The molecule has 2 heterocycles. The van der Waals surface area contributed by atoms with Crippen LogP contribution in [0.15, 0.2) is 48.8 Å². The highest BCUT2D eigenvalue weighted by Crippen LogP contribution is 2.37. The van der Waals surface area contributed by atoms with Crippen molar-refractivity contribution >= 4 is 50.9 Å². The average molecular weight is 535 g/mol. The second-order valence-electron chi connectivity index (χ2n) is 6.37. The van der Waals surface area contributed by atoms with Gasteiger partial charge in [-0.25, -0.2) is 4.98 Å². The van der Waals surface area contributed by atoms with Gasteiger partial charge >= 0.3 is 0 Å². The summed E-state index contributed by atoms with van der Waals surface area (Å²) in [5.41, 5.74) is 8.16. The minimum Gasteiger partial charge on any atom is -0.493 e. The van der Waals surface area contributed by atoms with E-state index in [0.717, 1.165) is 25.2 Å². The van der Waals surface area contributed by atoms with Crippen LogP contribution in [-0.4, -0.2) is 29.7 Å². The lowest BCUT2D eigenvalue weighted by Gasteiger charge is -2.08. The van der Waals surface area contributed by atoms with Crippen LogP contribution in [-0.2, 0) is 6.61 Å². The molecule has 0 saturated carbocycles. The molecule has 9 heteroatoms. The van der Waals surface area contributed by atoms with Crippen LogP contribution in [0.25, 0.3) is 16.0 Å². The number of carbonyl (C=O) groups is 1. The summed E-state index contributed by atoms with van der Waals surface area (Å²) in [6.07, 6.45) is 1.68. The molecule has 0 bridgehead atoms. The van der Waals surface area contributed by atoms with Gasteiger partial charge < -0.3 is 19.9 Å². The maximum atomic E-state index is 12.0. The van der Waals surface area contributed by atoms with Crippen LogP contribution in [0, 0.1) is 3.57 Å². The molecular formula is C21H18IN3O4S. The van der Waals surface area contributed by atoms with E-state index in [0.29, 0.717) is 28.7 Å². The van der Waals surface area contributed by atoms with Crippen molar-refractivity contribution < 1.29 is 19.0 Å². The van der Waals surface area contributed by atoms with Gasteiger partial charge in [0.2, 0.25) is 0 Å². The van der Waals surface area contributed by atoms with Crippen LogP contribution in [0.3, 0.4) is 0 Å². The molecule has 2 N–H and O–H groups in total. The monoisotopic (exact) mass is 535 g/mol. The Morgan fingerprint density at radius 1 is 1.13 bits per heavy atom. The van der Waals surface area contributed by atoms with Gasteiger partial charge in [-0.15, -0.1) is 11.3 Å². The number of amides is 1. The molecule has 30 heavy (non-hydrogen) atoms. The molecule has 4 rings (SSSR count). The number of primary amides is 1. The highest BCUT2D eigenvalue weighted by atomic mass is 127. The van der Waals surface area contributed by atoms with Crippen molar-refractivity contribution in [2.24, 2.45) is 5.73 Å². The van der Waals surface area contributed by atoms with E-state index in [4.69, 9.17) is 19.9 Å². The van der Waals surface area contributed by atoms with Gasteiger partial charge in [0.1, 0.15) is 28.6 Å². The van der Waals surface area contributed by atoms with E-state index in [1.54, 1.807) is 26.6 Å². The molecule has 2 aromatic carbocycles. The lowest BCUT2D eigenvalue weighted by Crippen LogP contribution is -2.10. The Kier molecular flexibility index (Phi) is 5.82. The summed E-state index contributed by atoms with van der Waals surface area (Å²) >= 11 is 3.50. The molecule has 154 valence electrons. The van der Waals surface area contributed by atoms with E-state index in [9.17, 15) is 4.79 Å². The van der Waals surface area contributed by atoms with Crippen LogP contribution in [0.1, 0.15) is 15.2 Å². The molecule has 2 aromatic heterocycles. The van der Waals surface area contributed by atoms with Crippen molar-refractivity contribution in [1.29, 1.82) is 0 Å². The second kappa shape index (κ2) is 8.52. The zero-order chi connectivity index (χ0) is 21.3. The quantitative estimate of drug-likeness (QED) is 0.355. The Hall–Kier alpha value is -2.79. The summed E-state index contributed by atoms with van der Waals surface area (Å²) in [6, 6.07) is 13.4. The number of rotatable bonds is 7. The lowest BCUT2D eigenvalue weighted by atomic mass is 10.2. The van der Waals surface area contributed by atoms with Crippen LogP contribution in [0.2, 0.25) is 0 Å². The maximum absolute atomic E-state index is 12.0. The molecule has 0 radical (unpaired) electrons. The summed E-state index contributed by atoms with van der Waals surface area (Å²) < 4.78 is 19.7. The third kappa shape index (κ3) is 3.94. The molecule has 0 aliphatic heterocycles. The molecule has 4 aromatic rings. The Bertz CT molecular complexity index is 1230. The van der Waals surface area contributed by atoms with Crippen LogP contribution >= 0.6 is 33.9 Å². The van der Waals surface area contributed by atoms with Gasteiger partial charge in [0, 0.05) is 21.8 Å². The number of thiophene rings is 1. The first-order valence-electron chi connectivity index (χ1n) is 8.90. The lowest BCUT2D eigenvalue weighted by molar-refractivity contribution is 0.1000. The van der Waals surface area contributed by atoms with E-state index in [-0.39, 0.29) is 0 Å². The Morgan fingerprint density at radius 2 is 1.90 bits per heavy atom. The molecule has 0 aliphatic carbocycles. The Morgan fingerprint density at radius 3 is 2.60 bits per heavy atom. The number of carbonyl (C=O) groups excluding carboxylic acids is 1. The molecule has 0 spiro atoms. The average Bonchev–Trinajstić information content (AvgIpc) is 3.34. The maximum Gasteiger partial charge on any atom is 0.262 e. The number of nitrogens with zero attached hydrogens (tertiary/aromatic N) is 2. The predicted octanol–water partition coefficient (Wildman–Crippen LogP) is 4.39. The van der Waals surface area contributed by atoms with E-state index >= 15 is 0 Å². The molecule has 0 fully saturated rings. The van der Waals surface area contributed by atoms with E-state index in [1.807, 2.05) is 41.0 Å². The van der Waals surface area contributed by atoms with Crippen molar-refractivity contribution in [3.63, 3.8) is 0 Å². The number of fused-ring (bicyclic) bond motifs is 1. The minimum atomic E-state index is -0.535. The van der Waals surface area contributed by atoms with Crippen LogP contribution < -0.4 is 19.9 Å². The van der Waals surface area contributed by atoms with Gasteiger partial charge in [0.25, 0.3) is 5.91 Å². The number of ether oxygens (including phenoxy) is 3. The third-order valence-corrected chi connectivity index (χ3v) is 6.28. The smallest absolute Gasteiger partial charge is 0.262 e. The molecule has 0 atom stereocenters. The Labute approximate surface area is 190 Å². The number of nitrogens with two attached hydrogens (primary N) is 1. The summed E-state index contributed by atoms with van der Waals surface area (Å²) in [5.74, 6) is 1.10. The number of imidazole rings is 1. The number of halogens is 1. The fraction of sp³-hybridized carbons (Fsp3) is 0.143. The van der Waals surface area contributed by atoms with Gasteiger partial charge in [0.15, 0.2) is 11.5 Å². The molecular weight excluding hydrogens is 517 g/mol. The number of hydrogen-bond acceptors (Lipinski definition) is 6. The Balaban J connectivity index is 1.71. The van der Waals surface area contributed by atoms with Crippen molar-refractivity contribution in [2.45, 2.75) is 6.61 Å². The molecule has 1 amide bonds. The zero-order valence-corrected chi connectivity index (χ0v) is 19.2. The van der Waals surface area contributed by atoms with Gasteiger partial charge in [-0.2, -0.15) is 0 Å².